The maximum Gasteiger partial charge on any atom is 0.409 e. The molecule has 0 aromatic rings. The summed E-state index contributed by atoms with van der Waals surface area (Å²) in [5.74, 6) is 0.857. The Bertz CT molecular complexity index is 469. The average molecular weight is 495 g/mol. The average Bonchev–Trinajstić information content (AvgIpc) is 2.66. The second kappa shape index (κ2) is 12.6. The highest BCUT2D eigenvalue weighted by Crippen LogP contribution is 2.18. The van der Waals surface area contributed by atoms with Crippen LogP contribution in [-0.2, 0) is 4.74 Å². The van der Waals surface area contributed by atoms with Crippen LogP contribution < -0.4 is 10.6 Å². The number of amides is 1. The molecular weight excluding hydrogens is 457 g/mol. The van der Waals surface area contributed by atoms with Crippen molar-refractivity contribution in [1.29, 1.82) is 0 Å². The lowest BCUT2D eigenvalue weighted by atomic mass is 10.0. The van der Waals surface area contributed by atoms with Gasteiger partial charge in [-0.15, -0.1) is 24.0 Å². The number of rotatable bonds is 5. The van der Waals surface area contributed by atoms with E-state index in [0.29, 0.717) is 24.7 Å². The molecule has 2 fully saturated rings. The Morgan fingerprint density at radius 3 is 2.52 bits per heavy atom. The van der Waals surface area contributed by atoms with Gasteiger partial charge in [0.2, 0.25) is 0 Å². The molecule has 2 unspecified atom stereocenters. The van der Waals surface area contributed by atoms with Crippen molar-refractivity contribution in [1.82, 2.24) is 20.4 Å². The number of guanidine groups is 1. The first kappa shape index (κ1) is 24.3. The monoisotopic (exact) mass is 495 g/mol. The molecular formula is C19H38IN5O2. The zero-order chi connectivity index (χ0) is 18.9. The molecule has 0 spiro atoms. The summed E-state index contributed by atoms with van der Waals surface area (Å²) in [6.45, 7) is 10.5. The Hall–Kier alpha value is -0.770. The van der Waals surface area contributed by atoms with Gasteiger partial charge in [0.05, 0.1) is 6.61 Å². The smallest absolute Gasteiger partial charge is 0.409 e. The third-order valence-corrected chi connectivity index (χ3v) is 5.57. The van der Waals surface area contributed by atoms with Crippen LogP contribution in [0.15, 0.2) is 4.99 Å². The predicted octanol–water partition coefficient (Wildman–Crippen LogP) is 2.65. The summed E-state index contributed by atoms with van der Waals surface area (Å²) in [5.41, 5.74) is 0. The number of ether oxygens (including phenoxy) is 1. The van der Waals surface area contributed by atoms with Crippen molar-refractivity contribution in [3.05, 3.63) is 0 Å². The lowest BCUT2D eigenvalue weighted by Gasteiger charge is -2.38. The molecule has 0 aromatic carbocycles. The number of halogens is 1. The van der Waals surface area contributed by atoms with E-state index in [1.807, 2.05) is 14.0 Å². The van der Waals surface area contributed by atoms with Crippen molar-refractivity contribution in [3.63, 3.8) is 0 Å². The first-order valence-corrected chi connectivity index (χ1v) is 10.2. The summed E-state index contributed by atoms with van der Waals surface area (Å²) in [7, 11) is 1.82. The van der Waals surface area contributed by atoms with Gasteiger partial charge >= 0.3 is 6.09 Å². The quantitative estimate of drug-likeness (QED) is 0.349. The van der Waals surface area contributed by atoms with Crippen LogP contribution in [0.1, 0.15) is 52.9 Å². The Kier molecular flexibility index (Phi) is 11.4. The van der Waals surface area contributed by atoms with Crippen LogP contribution in [0.2, 0.25) is 0 Å². The highest BCUT2D eigenvalue weighted by molar-refractivity contribution is 14.0. The minimum absolute atomic E-state index is 0. The highest BCUT2D eigenvalue weighted by Gasteiger charge is 2.25. The molecule has 0 saturated carbocycles. The predicted molar refractivity (Wildman–Crippen MR) is 121 cm³/mol. The molecule has 2 N–H and O–H groups in total. The van der Waals surface area contributed by atoms with E-state index in [9.17, 15) is 4.79 Å². The number of likely N-dealkylation sites (tertiary alicyclic amines) is 2. The van der Waals surface area contributed by atoms with Gasteiger partial charge in [0.15, 0.2) is 5.96 Å². The lowest BCUT2D eigenvalue weighted by molar-refractivity contribution is 0.0962. The van der Waals surface area contributed by atoms with E-state index in [4.69, 9.17) is 4.74 Å². The first-order valence-electron chi connectivity index (χ1n) is 10.2. The van der Waals surface area contributed by atoms with E-state index in [1.54, 1.807) is 4.90 Å². The van der Waals surface area contributed by atoms with Crippen LogP contribution in [0.5, 0.6) is 0 Å². The van der Waals surface area contributed by atoms with Crippen LogP contribution in [0, 0.1) is 0 Å². The Labute approximate surface area is 181 Å². The maximum atomic E-state index is 11.8. The van der Waals surface area contributed by atoms with Gasteiger partial charge in [-0.2, -0.15) is 0 Å². The normalized spacial score (nSPS) is 23.3. The maximum absolute atomic E-state index is 11.8. The van der Waals surface area contributed by atoms with Crippen LogP contribution in [0.4, 0.5) is 4.79 Å². The fourth-order valence-corrected chi connectivity index (χ4v) is 3.95. The fraction of sp³-hybridized carbons (Fsp3) is 0.895. The number of carbonyl (C=O) groups is 1. The van der Waals surface area contributed by atoms with Crippen LogP contribution in [-0.4, -0.2) is 79.8 Å². The summed E-state index contributed by atoms with van der Waals surface area (Å²) in [5, 5.41) is 6.99. The van der Waals surface area contributed by atoms with E-state index in [-0.39, 0.29) is 30.1 Å². The van der Waals surface area contributed by atoms with Gasteiger partial charge in [0.1, 0.15) is 0 Å². The van der Waals surface area contributed by atoms with E-state index in [0.717, 1.165) is 38.4 Å². The van der Waals surface area contributed by atoms with Gasteiger partial charge < -0.3 is 20.3 Å². The second-order valence-electron chi connectivity index (χ2n) is 7.49. The number of aliphatic imine (C=N–C) groups is 1. The molecule has 0 aliphatic carbocycles. The molecule has 27 heavy (non-hydrogen) atoms. The van der Waals surface area contributed by atoms with Crippen molar-refractivity contribution in [2.75, 3.05) is 39.8 Å². The Morgan fingerprint density at radius 2 is 1.93 bits per heavy atom. The minimum Gasteiger partial charge on any atom is -0.450 e. The van der Waals surface area contributed by atoms with E-state index >= 15 is 0 Å². The summed E-state index contributed by atoms with van der Waals surface area (Å²) < 4.78 is 5.08. The molecule has 0 aromatic heterocycles. The van der Waals surface area contributed by atoms with Gasteiger partial charge in [-0.1, -0.05) is 6.42 Å². The molecule has 1 amide bonds. The molecule has 2 aliphatic heterocycles. The molecule has 2 heterocycles. The van der Waals surface area contributed by atoms with E-state index < -0.39 is 0 Å². The van der Waals surface area contributed by atoms with Crippen LogP contribution in [0.25, 0.3) is 0 Å². The number of hydrogen-bond donors (Lipinski definition) is 2. The zero-order valence-corrected chi connectivity index (χ0v) is 19.7. The van der Waals surface area contributed by atoms with Crippen molar-refractivity contribution < 1.29 is 9.53 Å². The molecule has 0 radical (unpaired) electrons. The minimum atomic E-state index is -0.196. The van der Waals surface area contributed by atoms with Gasteiger partial charge in [-0.3, -0.25) is 9.89 Å². The standard InChI is InChI=1S/C19H37N5O2.HI/c1-5-26-19(25)23-12-9-17(10-13-23)22-18(20-4)21-14-16(3)24-11-7-6-8-15(24)2;/h15-17H,5-14H2,1-4H3,(H2,20,21,22);1H. The molecule has 2 rings (SSSR count). The summed E-state index contributed by atoms with van der Waals surface area (Å²) in [6.07, 6.45) is 5.59. The SMILES string of the molecule is CCOC(=O)N1CCC(NC(=NC)NCC(C)N2CCCCC2C)CC1.I. The lowest BCUT2D eigenvalue weighted by Crippen LogP contribution is -2.53. The molecule has 2 aliphatic rings. The third-order valence-electron chi connectivity index (χ3n) is 5.57. The highest BCUT2D eigenvalue weighted by atomic mass is 127. The summed E-state index contributed by atoms with van der Waals surface area (Å²) >= 11 is 0. The van der Waals surface area contributed by atoms with Crippen molar-refractivity contribution >= 4 is 36.0 Å². The first-order chi connectivity index (χ1) is 12.5. The topological polar surface area (TPSA) is 69.2 Å². The largest absolute Gasteiger partial charge is 0.450 e. The van der Waals surface area contributed by atoms with Gasteiger partial charge in [0.25, 0.3) is 0 Å². The number of nitrogens with zero attached hydrogens (tertiary/aromatic N) is 3. The van der Waals surface area contributed by atoms with Crippen LogP contribution in [0.3, 0.4) is 0 Å². The summed E-state index contributed by atoms with van der Waals surface area (Å²) in [4.78, 5) is 20.5. The van der Waals surface area contributed by atoms with Crippen molar-refractivity contribution in [2.24, 2.45) is 4.99 Å². The van der Waals surface area contributed by atoms with Gasteiger partial charge in [-0.25, -0.2) is 4.79 Å². The molecule has 2 saturated heterocycles. The van der Waals surface area contributed by atoms with Gasteiger partial charge in [-0.05, 0) is 53.0 Å². The molecule has 158 valence electrons. The second-order valence-corrected chi connectivity index (χ2v) is 7.49. The molecule has 0 bridgehead atoms. The number of nitrogens with one attached hydrogen (secondary N) is 2. The molecule has 8 heteroatoms. The third kappa shape index (κ3) is 7.63. The Morgan fingerprint density at radius 1 is 1.22 bits per heavy atom. The fourth-order valence-electron chi connectivity index (χ4n) is 3.95. The van der Waals surface area contributed by atoms with Crippen molar-refractivity contribution in [2.45, 2.75) is 71.0 Å². The number of piperidine rings is 2. The Balaban J connectivity index is 0.00000364. The molecule has 7 nitrogen and oxygen atoms in total. The van der Waals surface area contributed by atoms with Crippen molar-refractivity contribution in [3.8, 4) is 0 Å². The van der Waals surface area contributed by atoms with E-state index in [2.05, 4.69) is 34.4 Å². The van der Waals surface area contributed by atoms with E-state index in [1.165, 1.54) is 25.8 Å². The number of hydrogen-bond acceptors (Lipinski definition) is 4. The van der Waals surface area contributed by atoms with Crippen LogP contribution >= 0.6 is 24.0 Å². The number of carbonyl (C=O) groups excluding carboxylic acids is 1. The summed E-state index contributed by atoms with van der Waals surface area (Å²) in [6, 6.07) is 1.51. The van der Waals surface area contributed by atoms with Gasteiger partial charge in [0, 0.05) is 44.8 Å². The molecule has 2 atom stereocenters. The zero-order valence-electron chi connectivity index (χ0n) is 17.4.